The molecule has 2 aromatic carbocycles. The Kier molecular flexibility index (Phi) is 6.27. The van der Waals surface area contributed by atoms with Crippen molar-refractivity contribution in [3.8, 4) is 28.5 Å². The number of aromatic nitrogens is 3. The first-order valence-corrected chi connectivity index (χ1v) is 10.8. The molecule has 4 aromatic rings. The van der Waals surface area contributed by atoms with Gasteiger partial charge in [-0.2, -0.15) is 5.10 Å². The number of anilines is 1. The second-order valence-corrected chi connectivity index (χ2v) is 8.27. The van der Waals surface area contributed by atoms with Crippen molar-refractivity contribution in [2.45, 2.75) is 13.5 Å². The zero-order chi connectivity index (χ0) is 23.5. The van der Waals surface area contributed by atoms with Gasteiger partial charge in [-0.25, -0.2) is 9.67 Å². The Morgan fingerprint density at radius 1 is 1.03 bits per heavy atom. The average Bonchev–Trinajstić information content (AvgIpc) is 3.22. The predicted octanol–water partition coefficient (Wildman–Crippen LogP) is 3.49. The van der Waals surface area contributed by atoms with Crippen LogP contribution >= 0.6 is 11.3 Å². The van der Waals surface area contributed by atoms with E-state index in [-0.39, 0.29) is 12.1 Å². The third-order valence-corrected chi connectivity index (χ3v) is 5.91. The van der Waals surface area contributed by atoms with E-state index in [2.05, 4.69) is 15.4 Å². The predicted molar refractivity (Wildman–Crippen MR) is 127 cm³/mol. The van der Waals surface area contributed by atoms with E-state index in [0.29, 0.717) is 33.3 Å². The van der Waals surface area contributed by atoms with Crippen molar-refractivity contribution in [1.29, 1.82) is 0 Å². The number of thiazole rings is 1. The Morgan fingerprint density at radius 2 is 1.76 bits per heavy atom. The Hall–Kier alpha value is -3.92. The van der Waals surface area contributed by atoms with Gasteiger partial charge in [0.1, 0.15) is 18.0 Å². The number of rotatable bonds is 7. The summed E-state index contributed by atoms with van der Waals surface area (Å²) >= 11 is 1.39. The molecule has 0 unspecified atom stereocenters. The number of hydrogen-bond acceptors (Lipinski definition) is 8. The SMILES string of the molecule is COc1ccc(-c2nn(CC(=O)Nc3ccc(OC)c(OC)c3)c(=O)c3nc(C)sc23)cc1. The first-order valence-electron chi connectivity index (χ1n) is 9.98. The smallest absolute Gasteiger partial charge is 0.294 e. The summed E-state index contributed by atoms with van der Waals surface area (Å²) in [6.07, 6.45) is 0. The third-order valence-electron chi connectivity index (χ3n) is 4.93. The molecule has 0 saturated carbocycles. The van der Waals surface area contributed by atoms with Crippen molar-refractivity contribution >= 4 is 33.1 Å². The number of nitrogens with one attached hydrogen (secondary N) is 1. The van der Waals surface area contributed by atoms with Gasteiger partial charge in [-0.05, 0) is 43.3 Å². The maximum atomic E-state index is 13.0. The van der Waals surface area contributed by atoms with Crippen molar-refractivity contribution in [3.63, 3.8) is 0 Å². The van der Waals surface area contributed by atoms with Crippen LogP contribution in [0.25, 0.3) is 21.5 Å². The van der Waals surface area contributed by atoms with E-state index < -0.39 is 11.5 Å². The van der Waals surface area contributed by atoms with Crippen LogP contribution in [0.2, 0.25) is 0 Å². The lowest BCUT2D eigenvalue weighted by Gasteiger charge is -2.12. The van der Waals surface area contributed by atoms with E-state index in [0.717, 1.165) is 15.3 Å². The number of aryl methyl sites for hydroxylation is 1. The second-order valence-electron chi connectivity index (χ2n) is 7.07. The van der Waals surface area contributed by atoms with E-state index in [1.54, 1.807) is 25.3 Å². The molecule has 1 N–H and O–H groups in total. The number of benzene rings is 2. The Labute approximate surface area is 193 Å². The van der Waals surface area contributed by atoms with Gasteiger partial charge in [0.2, 0.25) is 5.91 Å². The lowest BCUT2D eigenvalue weighted by molar-refractivity contribution is -0.117. The summed E-state index contributed by atoms with van der Waals surface area (Å²) in [6.45, 7) is 1.55. The summed E-state index contributed by atoms with van der Waals surface area (Å²) in [6, 6.07) is 12.4. The fraction of sp³-hybridized carbons (Fsp3) is 0.217. The van der Waals surface area contributed by atoms with Crippen molar-refractivity contribution in [1.82, 2.24) is 14.8 Å². The van der Waals surface area contributed by atoms with E-state index in [1.165, 1.54) is 25.6 Å². The summed E-state index contributed by atoms with van der Waals surface area (Å²) in [5.74, 6) is 1.32. The number of carbonyl (C=O) groups excluding carboxylic acids is 1. The molecule has 10 heteroatoms. The van der Waals surface area contributed by atoms with Crippen LogP contribution in [-0.2, 0) is 11.3 Å². The highest BCUT2D eigenvalue weighted by molar-refractivity contribution is 7.19. The maximum absolute atomic E-state index is 13.0. The standard InChI is InChI=1S/C23H22N4O5S/c1-13-24-21-22(33-13)20(14-5-8-16(30-2)9-6-14)26-27(23(21)29)12-19(28)25-15-7-10-17(31-3)18(11-15)32-4/h5-11H,12H2,1-4H3,(H,25,28). The molecule has 9 nitrogen and oxygen atoms in total. The molecule has 0 fully saturated rings. The van der Waals surface area contributed by atoms with Gasteiger partial charge in [0.25, 0.3) is 5.56 Å². The van der Waals surface area contributed by atoms with Crippen LogP contribution in [0.4, 0.5) is 5.69 Å². The summed E-state index contributed by atoms with van der Waals surface area (Å²) in [5, 5.41) is 8.01. The van der Waals surface area contributed by atoms with E-state index >= 15 is 0 Å². The molecule has 170 valence electrons. The van der Waals surface area contributed by atoms with Gasteiger partial charge in [0, 0.05) is 17.3 Å². The van der Waals surface area contributed by atoms with Gasteiger partial charge < -0.3 is 19.5 Å². The van der Waals surface area contributed by atoms with Crippen LogP contribution in [0, 0.1) is 6.92 Å². The highest BCUT2D eigenvalue weighted by Crippen LogP contribution is 2.31. The first kappa shape index (κ1) is 22.3. The summed E-state index contributed by atoms with van der Waals surface area (Å²) in [7, 11) is 4.64. The van der Waals surface area contributed by atoms with E-state index in [9.17, 15) is 9.59 Å². The molecule has 0 aliphatic rings. The second kappa shape index (κ2) is 9.29. The molecular formula is C23H22N4O5S. The first-order chi connectivity index (χ1) is 15.9. The lowest BCUT2D eigenvalue weighted by atomic mass is 10.1. The summed E-state index contributed by atoms with van der Waals surface area (Å²) in [5.41, 5.74) is 1.74. The number of nitrogens with zero attached hydrogens (tertiary/aromatic N) is 3. The molecule has 4 rings (SSSR count). The van der Waals surface area contributed by atoms with Crippen molar-refractivity contribution in [2.24, 2.45) is 0 Å². The summed E-state index contributed by atoms with van der Waals surface area (Å²) < 4.78 is 17.5. The zero-order valence-electron chi connectivity index (χ0n) is 18.5. The number of methoxy groups -OCH3 is 3. The Morgan fingerprint density at radius 3 is 2.42 bits per heavy atom. The maximum Gasteiger partial charge on any atom is 0.294 e. The highest BCUT2D eigenvalue weighted by Gasteiger charge is 2.18. The number of fused-ring (bicyclic) bond motifs is 1. The van der Waals surface area contributed by atoms with Crippen LogP contribution in [0.5, 0.6) is 17.2 Å². The van der Waals surface area contributed by atoms with Gasteiger partial charge in [-0.1, -0.05) is 0 Å². The molecule has 0 spiro atoms. The lowest BCUT2D eigenvalue weighted by Crippen LogP contribution is -2.30. The zero-order valence-corrected chi connectivity index (χ0v) is 19.4. The molecule has 2 heterocycles. The van der Waals surface area contributed by atoms with Gasteiger partial charge >= 0.3 is 0 Å². The van der Waals surface area contributed by atoms with Crippen molar-refractivity contribution in [3.05, 3.63) is 57.8 Å². The normalized spacial score (nSPS) is 10.8. The minimum absolute atomic E-state index is 0.275. The molecular weight excluding hydrogens is 444 g/mol. The summed E-state index contributed by atoms with van der Waals surface area (Å²) in [4.78, 5) is 30.1. The van der Waals surface area contributed by atoms with Crippen molar-refractivity contribution in [2.75, 3.05) is 26.6 Å². The molecule has 0 radical (unpaired) electrons. The molecule has 1 amide bonds. The minimum atomic E-state index is -0.422. The number of hydrogen-bond donors (Lipinski definition) is 1. The highest BCUT2D eigenvalue weighted by atomic mass is 32.1. The fourth-order valence-corrected chi connectivity index (χ4v) is 4.28. The Bertz CT molecular complexity index is 1380. The Balaban J connectivity index is 1.68. The van der Waals surface area contributed by atoms with Crippen LogP contribution < -0.4 is 25.1 Å². The van der Waals surface area contributed by atoms with E-state index in [1.807, 2.05) is 31.2 Å². The van der Waals surface area contributed by atoms with Crippen molar-refractivity contribution < 1.29 is 19.0 Å². The van der Waals surface area contributed by atoms with Gasteiger partial charge in [0.05, 0.1) is 31.0 Å². The molecule has 0 saturated heterocycles. The average molecular weight is 467 g/mol. The fourth-order valence-electron chi connectivity index (χ4n) is 3.36. The number of ether oxygens (including phenoxy) is 3. The number of carbonyl (C=O) groups is 1. The van der Waals surface area contributed by atoms with Crippen LogP contribution in [0.3, 0.4) is 0 Å². The molecule has 2 aromatic heterocycles. The van der Waals surface area contributed by atoms with Gasteiger partial charge in [-0.3, -0.25) is 9.59 Å². The quantitative estimate of drug-likeness (QED) is 0.445. The minimum Gasteiger partial charge on any atom is -0.497 e. The van der Waals surface area contributed by atoms with Gasteiger partial charge in [0.15, 0.2) is 17.0 Å². The molecule has 0 aliphatic heterocycles. The third kappa shape index (κ3) is 4.51. The van der Waals surface area contributed by atoms with Crippen LogP contribution in [0.15, 0.2) is 47.3 Å². The topological polar surface area (TPSA) is 105 Å². The van der Waals surface area contributed by atoms with Crippen LogP contribution in [0.1, 0.15) is 5.01 Å². The van der Waals surface area contributed by atoms with Crippen LogP contribution in [-0.4, -0.2) is 42.0 Å². The molecule has 0 bridgehead atoms. The molecule has 0 atom stereocenters. The molecule has 0 aliphatic carbocycles. The van der Waals surface area contributed by atoms with E-state index in [4.69, 9.17) is 14.2 Å². The molecule has 33 heavy (non-hydrogen) atoms. The largest absolute Gasteiger partial charge is 0.497 e. The monoisotopic (exact) mass is 466 g/mol. The number of amides is 1. The van der Waals surface area contributed by atoms with Gasteiger partial charge in [-0.15, -0.1) is 11.3 Å².